The van der Waals surface area contributed by atoms with Gasteiger partial charge in [-0.25, -0.2) is 4.79 Å². The highest BCUT2D eigenvalue weighted by Crippen LogP contribution is 2.39. The van der Waals surface area contributed by atoms with E-state index in [4.69, 9.17) is 0 Å². The summed E-state index contributed by atoms with van der Waals surface area (Å²) in [6.45, 7) is 8.00. The zero-order valence-electron chi connectivity index (χ0n) is 10.4. The Balaban J connectivity index is 2.18. The van der Waals surface area contributed by atoms with Crippen molar-refractivity contribution in [2.75, 3.05) is 13.1 Å². The third-order valence-corrected chi connectivity index (χ3v) is 3.98. The van der Waals surface area contributed by atoms with E-state index in [0.717, 1.165) is 19.5 Å². The summed E-state index contributed by atoms with van der Waals surface area (Å²) in [5.41, 5.74) is -0.298. The van der Waals surface area contributed by atoms with Crippen molar-refractivity contribution in [3.8, 4) is 0 Å². The third-order valence-electron chi connectivity index (χ3n) is 3.98. The molecule has 2 N–H and O–H groups in total. The smallest absolute Gasteiger partial charge is 0.407 e. The Morgan fingerprint density at radius 2 is 2.00 bits per heavy atom. The van der Waals surface area contributed by atoms with Crippen molar-refractivity contribution in [3.63, 3.8) is 0 Å². The lowest BCUT2D eigenvalue weighted by Crippen LogP contribution is -2.53. The van der Waals surface area contributed by atoms with Gasteiger partial charge in [-0.15, -0.1) is 0 Å². The van der Waals surface area contributed by atoms with E-state index in [0.29, 0.717) is 11.8 Å². The SMILES string of the molecule is CC(C)(C)N(C(=O)O)[C@H]1CC[C@@H]2CNC[C@@H]21. The van der Waals surface area contributed by atoms with Crippen molar-refractivity contribution >= 4 is 6.09 Å². The molecule has 92 valence electrons. The number of nitrogens with one attached hydrogen (secondary N) is 1. The van der Waals surface area contributed by atoms with E-state index in [-0.39, 0.29) is 11.6 Å². The van der Waals surface area contributed by atoms with E-state index < -0.39 is 6.09 Å². The van der Waals surface area contributed by atoms with Crippen LogP contribution in [-0.2, 0) is 0 Å². The van der Waals surface area contributed by atoms with Gasteiger partial charge < -0.3 is 15.3 Å². The van der Waals surface area contributed by atoms with Gasteiger partial charge in [0, 0.05) is 18.1 Å². The van der Waals surface area contributed by atoms with Gasteiger partial charge in [0.15, 0.2) is 0 Å². The van der Waals surface area contributed by atoms with Crippen molar-refractivity contribution in [1.29, 1.82) is 0 Å². The molecule has 1 amide bonds. The first-order valence-electron chi connectivity index (χ1n) is 6.14. The van der Waals surface area contributed by atoms with Crippen LogP contribution in [0.4, 0.5) is 4.79 Å². The summed E-state index contributed by atoms with van der Waals surface area (Å²) < 4.78 is 0. The van der Waals surface area contributed by atoms with Gasteiger partial charge in [0.1, 0.15) is 0 Å². The van der Waals surface area contributed by atoms with Crippen molar-refractivity contribution in [2.45, 2.75) is 45.2 Å². The van der Waals surface area contributed by atoms with Crippen LogP contribution in [0.1, 0.15) is 33.6 Å². The molecule has 16 heavy (non-hydrogen) atoms. The molecule has 2 fully saturated rings. The molecular weight excluding hydrogens is 204 g/mol. The monoisotopic (exact) mass is 226 g/mol. The minimum absolute atomic E-state index is 0.206. The van der Waals surface area contributed by atoms with E-state index in [1.807, 2.05) is 20.8 Å². The lowest BCUT2D eigenvalue weighted by molar-refractivity contribution is 0.0570. The molecule has 4 nitrogen and oxygen atoms in total. The Labute approximate surface area is 97.0 Å². The number of fused-ring (bicyclic) bond motifs is 1. The Hall–Kier alpha value is -0.770. The average molecular weight is 226 g/mol. The van der Waals surface area contributed by atoms with E-state index >= 15 is 0 Å². The number of carboxylic acid groups (broad SMARTS) is 1. The predicted molar refractivity (Wildman–Crippen MR) is 62.5 cm³/mol. The number of rotatable bonds is 1. The van der Waals surface area contributed by atoms with E-state index in [2.05, 4.69) is 5.32 Å². The standard InChI is InChI=1S/C12H22N2O2/c1-12(2,3)14(11(15)16)10-5-4-8-6-13-7-9(8)10/h8-10,13H,4-7H2,1-3H3,(H,15,16)/t8-,9+,10+/m1/s1. The van der Waals surface area contributed by atoms with Crippen LogP contribution >= 0.6 is 0 Å². The first-order chi connectivity index (χ1) is 7.41. The lowest BCUT2D eigenvalue weighted by atomic mass is 9.93. The summed E-state index contributed by atoms with van der Waals surface area (Å²) in [5.74, 6) is 1.21. The van der Waals surface area contributed by atoms with Crippen molar-refractivity contribution < 1.29 is 9.90 Å². The predicted octanol–water partition coefficient (Wildman–Crippen LogP) is 1.76. The largest absolute Gasteiger partial charge is 0.465 e. The topological polar surface area (TPSA) is 52.6 Å². The minimum Gasteiger partial charge on any atom is -0.465 e. The maximum absolute atomic E-state index is 11.4. The second-order valence-electron chi connectivity index (χ2n) is 6.05. The number of hydrogen-bond acceptors (Lipinski definition) is 2. The lowest BCUT2D eigenvalue weighted by Gasteiger charge is -2.40. The highest BCUT2D eigenvalue weighted by atomic mass is 16.4. The molecule has 3 atom stereocenters. The molecule has 2 rings (SSSR count). The summed E-state index contributed by atoms with van der Waals surface area (Å²) in [6.07, 6.45) is 1.42. The second-order valence-corrected chi connectivity index (χ2v) is 6.05. The summed E-state index contributed by atoms with van der Waals surface area (Å²) in [7, 11) is 0. The number of hydrogen-bond donors (Lipinski definition) is 2. The molecule has 1 saturated carbocycles. The number of amides is 1. The molecule has 0 spiro atoms. The fourth-order valence-electron chi connectivity index (χ4n) is 3.37. The first kappa shape index (κ1) is 11.7. The number of carbonyl (C=O) groups is 1. The van der Waals surface area contributed by atoms with Gasteiger partial charge in [0.05, 0.1) is 0 Å². The highest BCUT2D eigenvalue weighted by molar-refractivity contribution is 5.66. The Morgan fingerprint density at radius 1 is 1.31 bits per heavy atom. The molecule has 0 aromatic rings. The van der Waals surface area contributed by atoms with E-state index in [1.165, 1.54) is 6.42 Å². The maximum Gasteiger partial charge on any atom is 0.407 e. The third kappa shape index (κ3) is 1.90. The zero-order valence-corrected chi connectivity index (χ0v) is 10.4. The van der Waals surface area contributed by atoms with Gasteiger partial charge in [0.2, 0.25) is 0 Å². The molecule has 4 heteroatoms. The zero-order chi connectivity index (χ0) is 11.9. The molecule has 0 unspecified atom stereocenters. The molecule has 1 aliphatic carbocycles. The van der Waals surface area contributed by atoms with Gasteiger partial charge in [-0.05, 0) is 52.0 Å². The molecule has 0 bridgehead atoms. The van der Waals surface area contributed by atoms with Gasteiger partial charge in [-0.1, -0.05) is 0 Å². The summed E-state index contributed by atoms with van der Waals surface area (Å²) in [5, 5.41) is 12.8. The Morgan fingerprint density at radius 3 is 2.56 bits per heavy atom. The van der Waals surface area contributed by atoms with Crippen molar-refractivity contribution in [1.82, 2.24) is 10.2 Å². The Kier molecular flexibility index (Phi) is 2.86. The summed E-state index contributed by atoms with van der Waals surface area (Å²) in [4.78, 5) is 13.1. The molecule has 2 aliphatic rings. The number of nitrogens with zero attached hydrogens (tertiary/aromatic N) is 1. The summed E-state index contributed by atoms with van der Waals surface area (Å²) >= 11 is 0. The van der Waals surface area contributed by atoms with Crippen LogP contribution in [0, 0.1) is 11.8 Å². The molecule has 0 aromatic carbocycles. The van der Waals surface area contributed by atoms with Crippen molar-refractivity contribution in [2.24, 2.45) is 11.8 Å². The molecule has 1 aliphatic heterocycles. The Bertz CT molecular complexity index is 285. The van der Waals surface area contributed by atoms with E-state index in [9.17, 15) is 9.90 Å². The molecule has 1 saturated heterocycles. The molecular formula is C12H22N2O2. The average Bonchev–Trinajstić information content (AvgIpc) is 2.65. The van der Waals surface area contributed by atoms with Crippen LogP contribution in [0.15, 0.2) is 0 Å². The fourth-order valence-corrected chi connectivity index (χ4v) is 3.37. The van der Waals surface area contributed by atoms with Crippen LogP contribution in [0.2, 0.25) is 0 Å². The second kappa shape index (κ2) is 3.91. The van der Waals surface area contributed by atoms with Crippen LogP contribution < -0.4 is 5.32 Å². The van der Waals surface area contributed by atoms with Crippen LogP contribution in [0.3, 0.4) is 0 Å². The van der Waals surface area contributed by atoms with Gasteiger partial charge in [-0.2, -0.15) is 0 Å². The van der Waals surface area contributed by atoms with Gasteiger partial charge in [-0.3, -0.25) is 0 Å². The molecule has 0 radical (unpaired) electrons. The van der Waals surface area contributed by atoms with Crippen LogP contribution in [0.25, 0.3) is 0 Å². The minimum atomic E-state index is -0.773. The summed E-state index contributed by atoms with van der Waals surface area (Å²) in [6, 6.07) is 0.206. The van der Waals surface area contributed by atoms with Crippen LogP contribution in [-0.4, -0.2) is 40.8 Å². The molecule has 0 aromatic heterocycles. The first-order valence-corrected chi connectivity index (χ1v) is 6.14. The van der Waals surface area contributed by atoms with Gasteiger partial charge >= 0.3 is 6.09 Å². The maximum atomic E-state index is 11.4. The van der Waals surface area contributed by atoms with E-state index in [1.54, 1.807) is 4.90 Å². The highest BCUT2D eigenvalue weighted by Gasteiger charge is 2.46. The van der Waals surface area contributed by atoms with Gasteiger partial charge in [0.25, 0.3) is 0 Å². The molecule has 1 heterocycles. The fraction of sp³-hybridized carbons (Fsp3) is 0.917. The van der Waals surface area contributed by atoms with Crippen molar-refractivity contribution in [3.05, 3.63) is 0 Å². The normalized spacial score (nSPS) is 33.8. The van der Waals surface area contributed by atoms with Crippen LogP contribution in [0.5, 0.6) is 0 Å². The quantitative estimate of drug-likeness (QED) is 0.716.